The second kappa shape index (κ2) is 6.78. The maximum absolute atomic E-state index is 3.51. The summed E-state index contributed by atoms with van der Waals surface area (Å²) in [5, 5.41) is 1.65. The second-order valence-corrected chi connectivity index (χ2v) is 4.96. The fourth-order valence-electron chi connectivity index (χ4n) is 1.69. The van der Waals surface area contributed by atoms with Gasteiger partial charge in [0.1, 0.15) is 0 Å². The minimum absolute atomic E-state index is 0.826. The molecular formula is C16H12Br2. The van der Waals surface area contributed by atoms with E-state index in [9.17, 15) is 0 Å². The lowest BCUT2D eigenvalue weighted by atomic mass is 10.0. The van der Waals surface area contributed by atoms with Crippen LogP contribution >= 0.6 is 31.9 Å². The summed E-state index contributed by atoms with van der Waals surface area (Å²) in [6.07, 6.45) is 0. The maximum Gasteiger partial charge on any atom is 0.0330 e. The van der Waals surface area contributed by atoms with Crippen LogP contribution in [-0.4, -0.2) is 0 Å². The van der Waals surface area contributed by atoms with Gasteiger partial charge in [-0.1, -0.05) is 80.1 Å². The number of benzene rings is 2. The lowest BCUT2D eigenvalue weighted by Gasteiger charge is -2.05. The summed E-state index contributed by atoms with van der Waals surface area (Å²) in [7, 11) is 0. The Hall–Kier alpha value is -1.04. The van der Waals surface area contributed by atoms with Crippen molar-refractivity contribution in [1.82, 2.24) is 0 Å². The summed E-state index contributed by atoms with van der Waals surface area (Å²) in [4.78, 5) is 0. The molecule has 0 saturated carbocycles. The third-order valence-electron chi connectivity index (χ3n) is 2.63. The smallest absolute Gasteiger partial charge is 0.0330 e. The highest BCUT2D eigenvalue weighted by Crippen LogP contribution is 2.19. The highest BCUT2D eigenvalue weighted by atomic mass is 79.9. The van der Waals surface area contributed by atoms with Crippen molar-refractivity contribution >= 4 is 31.9 Å². The molecule has 0 atom stereocenters. The summed E-state index contributed by atoms with van der Waals surface area (Å²) < 4.78 is 0. The zero-order chi connectivity index (χ0) is 12.8. The molecule has 2 heteroatoms. The number of hydrogen-bond acceptors (Lipinski definition) is 0. The fraction of sp³-hybridized carbons (Fsp3) is 0.125. The fourth-order valence-corrected chi connectivity index (χ4v) is 2.63. The van der Waals surface area contributed by atoms with Crippen molar-refractivity contribution in [3.63, 3.8) is 0 Å². The van der Waals surface area contributed by atoms with Gasteiger partial charge in [0.25, 0.3) is 0 Å². The van der Waals surface area contributed by atoms with Crippen LogP contribution in [0.4, 0.5) is 0 Å². The molecule has 0 unspecified atom stereocenters. The molecule has 2 aromatic rings. The van der Waals surface area contributed by atoms with Gasteiger partial charge in [-0.05, 0) is 23.3 Å². The molecule has 0 saturated heterocycles. The summed E-state index contributed by atoms with van der Waals surface area (Å²) in [5.41, 5.74) is 4.63. The number of hydrogen-bond donors (Lipinski definition) is 0. The molecule has 0 aliphatic rings. The molecule has 18 heavy (non-hydrogen) atoms. The van der Waals surface area contributed by atoms with Crippen molar-refractivity contribution in [1.29, 1.82) is 0 Å². The predicted octanol–water partition coefficient (Wildman–Crippen LogP) is 4.88. The van der Waals surface area contributed by atoms with E-state index in [2.05, 4.69) is 61.9 Å². The molecule has 2 rings (SSSR count). The molecular weight excluding hydrogens is 352 g/mol. The summed E-state index contributed by atoms with van der Waals surface area (Å²) in [6.45, 7) is 0. The van der Waals surface area contributed by atoms with E-state index in [1.807, 2.05) is 30.3 Å². The minimum atomic E-state index is 0.826. The van der Waals surface area contributed by atoms with Crippen molar-refractivity contribution < 1.29 is 0 Å². The number of rotatable bonds is 2. The van der Waals surface area contributed by atoms with Crippen LogP contribution in [0.3, 0.4) is 0 Å². The van der Waals surface area contributed by atoms with Gasteiger partial charge in [0.15, 0.2) is 0 Å². The first-order valence-electron chi connectivity index (χ1n) is 5.65. The van der Waals surface area contributed by atoms with E-state index in [0.717, 1.165) is 21.8 Å². The summed E-state index contributed by atoms with van der Waals surface area (Å²) in [5.74, 6) is 6.51. The lowest BCUT2D eigenvalue weighted by Crippen LogP contribution is -1.92. The Kier molecular flexibility index (Phi) is 5.04. The second-order valence-electron chi connectivity index (χ2n) is 3.83. The SMILES string of the molecule is BrCc1cccc(CBr)c1C#Cc1ccccc1. The minimum Gasteiger partial charge on any atom is -0.0876 e. The number of alkyl halides is 2. The molecule has 0 radical (unpaired) electrons. The Bertz CT molecular complexity index is 555. The van der Waals surface area contributed by atoms with Crippen LogP contribution in [0.5, 0.6) is 0 Å². The largest absolute Gasteiger partial charge is 0.0876 e. The third-order valence-corrected chi connectivity index (χ3v) is 3.84. The Morgan fingerprint density at radius 2 is 1.33 bits per heavy atom. The molecule has 0 bridgehead atoms. The van der Waals surface area contributed by atoms with Crippen LogP contribution in [-0.2, 0) is 10.7 Å². The van der Waals surface area contributed by atoms with Gasteiger partial charge in [0.2, 0.25) is 0 Å². The van der Waals surface area contributed by atoms with E-state index in [1.54, 1.807) is 0 Å². The van der Waals surface area contributed by atoms with Gasteiger partial charge in [-0.25, -0.2) is 0 Å². The van der Waals surface area contributed by atoms with E-state index < -0.39 is 0 Å². The molecule has 0 aliphatic heterocycles. The van der Waals surface area contributed by atoms with Gasteiger partial charge in [-0.2, -0.15) is 0 Å². The van der Waals surface area contributed by atoms with Crippen molar-refractivity contribution in [2.24, 2.45) is 0 Å². The summed E-state index contributed by atoms with van der Waals surface area (Å²) >= 11 is 7.03. The zero-order valence-electron chi connectivity index (χ0n) is 9.79. The van der Waals surface area contributed by atoms with Crippen LogP contribution in [0, 0.1) is 11.8 Å². The first-order valence-corrected chi connectivity index (χ1v) is 7.89. The van der Waals surface area contributed by atoms with Crippen LogP contribution < -0.4 is 0 Å². The lowest BCUT2D eigenvalue weighted by molar-refractivity contribution is 1.32. The monoisotopic (exact) mass is 362 g/mol. The Morgan fingerprint density at radius 3 is 1.89 bits per heavy atom. The maximum atomic E-state index is 3.51. The topological polar surface area (TPSA) is 0 Å². The highest BCUT2D eigenvalue weighted by molar-refractivity contribution is 9.08. The van der Waals surface area contributed by atoms with Crippen LogP contribution in [0.2, 0.25) is 0 Å². The molecule has 0 heterocycles. The molecule has 0 spiro atoms. The predicted molar refractivity (Wildman–Crippen MR) is 84.1 cm³/mol. The van der Waals surface area contributed by atoms with Gasteiger partial charge < -0.3 is 0 Å². The Balaban J connectivity index is 2.43. The standard InChI is InChI=1S/C16H12Br2/c17-11-14-7-4-8-15(12-18)16(14)10-9-13-5-2-1-3-6-13/h1-8H,11-12H2. The van der Waals surface area contributed by atoms with Gasteiger partial charge in [0, 0.05) is 21.8 Å². The first kappa shape index (κ1) is 13.4. The molecule has 0 N–H and O–H groups in total. The van der Waals surface area contributed by atoms with Crippen molar-refractivity contribution in [2.75, 3.05) is 0 Å². The average Bonchev–Trinajstić information content (AvgIpc) is 2.45. The third kappa shape index (κ3) is 3.25. The van der Waals surface area contributed by atoms with Gasteiger partial charge in [-0.15, -0.1) is 0 Å². The van der Waals surface area contributed by atoms with E-state index in [-0.39, 0.29) is 0 Å². The quantitative estimate of drug-likeness (QED) is 0.527. The average molecular weight is 364 g/mol. The normalized spacial score (nSPS) is 9.67. The zero-order valence-corrected chi connectivity index (χ0v) is 13.0. The molecule has 0 aliphatic carbocycles. The van der Waals surface area contributed by atoms with Crippen molar-refractivity contribution in [3.8, 4) is 11.8 Å². The van der Waals surface area contributed by atoms with Crippen LogP contribution in [0.15, 0.2) is 48.5 Å². The van der Waals surface area contributed by atoms with Crippen LogP contribution in [0.1, 0.15) is 22.3 Å². The van der Waals surface area contributed by atoms with E-state index in [0.29, 0.717) is 0 Å². The van der Waals surface area contributed by atoms with Gasteiger partial charge in [0.05, 0.1) is 0 Å². The van der Waals surface area contributed by atoms with E-state index in [1.165, 1.54) is 11.1 Å². The summed E-state index contributed by atoms with van der Waals surface area (Å²) in [6, 6.07) is 16.3. The highest BCUT2D eigenvalue weighted by Gasteiger charge is 2.03. The molecule has 0 amide bonds. The molecule has 0 nitrogen and oxygen atoms in total. The van der Waals surface area contributed by atoms with E-state index >= 15 is 0 Å². The Labute approximate surface area is 125 Å². The number of halogens is 2. The molecule has 2 aromatic carbocycles. The Morgan fingerprint density at radius 1 is 0.722 bits per heavy atom. The van der Waals surface area contributed by atoms with Crippen molar-refractivity contribution in [3.05, 3.63) is 70.8 Å². The van der Waals surface area contributed by atoms with Gasteiger partial charge >= 0.3 is 0 Å². The molecule has 0 fully saturated rings. The van der Waals surface area contributed by atoms with Gasteiger partial charge in [-0.3, -0.25) is 0 Å². The first-order chi connectivity index (χ1) is 8.85. The van der Waals surface area contributed by atoms with Crippen LogP contribution in [0.25, 0.3) is 0 Å². The van der Waals surface area contributed by atoms with Crippen molar-refractivity contribution in [2.45, 2.75) is 10.7 Å². The van der Waals surface area contributed by atoms with E-state index in [4.69, 9.17) is 0 Å². The molecule has 0 aromatic heterocycles. The molecule has 90 valence electrons.